The molecule has 166 valence electrons. The first-order valence-electron chi connectivity index (χ1n) is 10.1. The number of nitrogens with one attached hydrogen (secondary N) is 2. The standard InChI is InChI=1S/C24H22BrCl2N3O2/c1-31-22-10-16(13-28-9-8-24-29-20-4-2-3-5-21(20)30-24)18(25)12-23(22)32-14-15-6-7-17(26)11-19(15)27/h2-7,10-12,28H,8-9,13-14H2,1H3,(H,29,30). The minimum absolute atomic E-state index is 0.313. The summed E-state index contributed by atoms with van der Waals surface area (Å²) in [6.45, 7) is 1.79. The topological polar surface area (TPSA) is 59.2 Å². The van der Waals surface area contributed by atoms with Crippen molar-refractivity contribution in [3.05, 3.63) is 86.1 Å². The van der Waals surface area contributed by atoms with E-state index in [1.807, 2.05) is 42.5 Å². The first-order chi connectivity index (χ1) is 15.5. The van der Waals surface area contributed by atoms with Crippen molar-refractivity contribution in [3.63, 3.8) is 0 Å². The highest BCUT2D eigenvalue weighted by Crippen LogP contribution is 2.34. The maximum Gasteiger partial charge on any atom is 0.162 e. The Hall–Kier alpha value is -2.25. The number of rotatable bonds is 9. The molecule has 5 nitrogen and oxygen atoms in total. The fourth-order valence-corrected chi connectivity index (χ4v) is 4.26. The minimum Gasteiger partial charge on any atom is -0.493 e. The summed E-state index contributed by atoms with van der Waals surface area (Å²) in [5, 5.41) is 4.62. The monoisotopic (exact) mass is 533 g/mol. The molecule has 0 amide bonds. The van der Waals surface area contributed by atoms with Gasteiger partial charge in [0.25, 0.3) is 0 Å². The maximum atomic E-state index is 6.24. The molecule has 0 bridgehead atoms. The Morgan fingerprint density at radius 1 is 1.03 bits per heavy atom. The van der Waals surface area contributed by atoms with Gasteiger partial charge in [-0.05, 0) is 42.0 Å². The molecule has 0 atom stereocenters. The number of aromatic amines is 1. The van der Waals surface area contributed by atoms with Crippen LogP contribution in [-0.4, -0.2) is 23.6 Å². The molecule has 3 aromatic carbocycles. The van der Waals surface area contributed by atoms with E-state index in [1.54, 1.807) is 19.2 Å². The average molecular weight is 535 g/mol. The van der Waals surface area contributed by atoms with Crippen LogP contribution in [0.4, 0.5) is 0 Å². The molecule has 32 heavy (non-hydrogen) atoms. The van der Waals surface area contributed by atoms with E-state index in [4.69, 9.17) is 32.7 Å². The van der Waals surface area contributed by atoms with Gasteiger partial charge in [-0.1, -0.05) is 57.3 Å². The SMILES string of the molecule is COc1cc(CNCCc2nc3ccccc3[nH]2)c(Br)cc1OCc1ccc(Cl)cc1Cl. The first kappa shape index (κ1) is 22.9. The lowest BCUT2D eigenvalue weighted by atomic mass is 10.2. The summed E-state index contributed by atoms with van der Waals surface area (Å²) in [5.41, 5.74) is 3.98. The van der Waals surface area contributed by atoms with E-state index < -0.39 is 0 Å². The van der Waals surface area contributed by atoms with Gasteiger partial charge in [0.2, 0.25) is 0 Å². The molecular weight excluding hydrogens is 513 g/mol. The van der Waals surface area contributed by atoms with Crippen molar-refractivity contribution >= 4 is 50.2 Å². The molecule has 0 saturated carbocycles. The first-order valence-corrected chi connectivity index (χ1v) is 11.7. The van der Waals surface area contributed by atoms with Gasteiger partial charge in [0.1, 0.15) is 12.4 Å². The number of H-pyrrole nitrogens is 1. The van der Waals surface area contributed by atoms with Gasteiger partial charge >= 0.3 is 0 Å². The summed E-state index contributed by atoms with van der Waals surface area (Å²) in [6.07, 6.45) is 0.812. The van der Waals surface area contributed by atoms with Gasteiger partial charge in [-0.3, -0.25) is 0 Å². The van der Waals surface area contributed by atoms with E-state index in [0.29, 0.717) is 34.7 Å². The summed E-state index contributed by atoms with van der Waals surface area (Å²) in [6, 6.07) is 17.3. The second-order valence-electron chi connectivity index (χ2n) is 7.25. The highest BCUT2D eigenvalue weighted by atomic mass is 79.9. The Kier molecular flexibility index (Phi) is 7.58. The molecule has 0 spiro atoms. The van der Waals surface area contributed by atoms with E-state index in [-0.39, 0.29) is 0 Å². The summed E-state index contributed by atoms with van der Waals surface area (Å²) >= 11 is 15.9. The molecular formula is C24H22BrCl2N3O2. The zero-order valence-electron chi connectivity index (χ0n) is 17.4. The van der Waals surface area contributed by atoms with E-state index in [9.17, 15) is 0 Å². The van der Waals surface area contributed by atoms with Crippen LogP contribution in [0.5, 0.6) is 11.5 Å². The van der Waals surface area contributed by atoms with Crippen molar-refractivity contribution in [2.45, 2.75) is 19.6 Å². The van der Waals surface area contributed by atoms with Gasteiger partial charge in [-0.2, -0.15) is 0 Å². The van der Waals surface area contributed by atoms with Crippen molar-refractivity contribution in [2.75, 3.05) is 13.7 Å². The van der Waals surface area contributed by atoms with Crippen molar-refractivity contribution in [2.24, 2.45) is 0 Å². The molecule has 1 heterocycles. The van der Waals surface area contributed by atoms with Crippen molar-refractivity contribution < 1.29 is 9.47 Å². The molecule has 1 aromatic heterocycles. The number of para-hydroxylation sites is 2. The van der Waals surface area contributed by atoms with Crippen LogP contribution in [0.3, 0.4) is 0 Å². The lowest BCUT2D eigenvalue weighted by molar-refractivity contribution is 0.284. The van der Waals surface area contributed by atoms with Gasteiger partial charge in [-0.25, -0.2) is 4.98 Å². The number of imidazole rings is 1. The zero-order chi connectivity index (χ0) is 22.5. The molecule has 0 aliphatic rings. The van der Waals surface area contributed by atoms with Crippen LogP contribution in [0.25, 0.3) is 11.0 Å². The second kappa shape index (κ2) is 10.6. The van der Waals surface area contributed by atoms with Crippen LogP contribution >= 0.6 is 39.1 Å². The van der Waals surface area contributed by atoms with Crippen molar-refractivity contribution in [1.29, 1.82) is 0 Å². The Balaban J connectivity index is 1.35. The van der Waals surface area contributed by atoms with E-state index in [0.717, 1.165) is 45.4 Å². The molecule has 0 saturated heterocycles. The van der Waals surface area contributed by atoms with Gasteiger partial charge in [0.15, 0.2) is 11.5 Å². The van der Waals surface area contributed by atoms with Crippen LogP contribution in [0.15, 0.2) is 59.1 Å². The van der Waals surface area contributed by atoms with Gasteiger partial charge in [0.05, 0.1) is 18.1 Å². The van der Waals surface area contributed by atoms with Crippen LogP contribution < -0.4 is 14.8 Å². The Bertz CT molecular complexity index is 1200. The highest BCUT2D eigenvalue weighted by molar-refractivity contribution is 9.10. The van der Waals surface area contributed by atoms with E-state index >= 15 is 0 Å². The molecule has 8 heteroatoms. The fraction of sp³-hybridized carbons (Fsp3) is 0.208. The molecule has 0 aliphatic heterocycles. The number of benzene rings is 3. The summed E-state index contributed by atoms with van der Waals surface area (Å²) in [4.78, 5) is 7.96. The minimum atomic E-state index is 0.313. The Labute approximate surface area is 205 Å². The van der Waals surface area contributed by atoms with Crippen LogP contribution in [0.2, 0.25) is 10.0 Å². The van der Waals surface area contributed by atoms with Gasteiger partial charge in [-0.15, -0.1) is 0 Å². The largest absolute Gasteiger partial charge is 0.493 e. The summed E-state index contributed by atoms with van der Waals surface area (Å²) in [7, 11) is 1.63. The van der Waals surface area contributed by atoms with Crippen LogP contribution in [0, 0.1) is 0 Å². The lowest BCUT2D eigenvalue weighted by Gasteiger charge is -2.15. The normalized spacial score (nSPS) is 11.1. The molecule has 0 fully saturated rings. The quantitative estimate of drug-likeness (QED) is 0.239. The Morgan fingerprint density at radius 2 is 1.88 bits per heavy atom. The average Bonchev–Trinajstić information content (AvgIpc) is 3.20. The molecule has 4 rings (SSSR count). The van der Waals surface area contributed by atoms with Crippen LogP contribution in [0.1, 0.15) is 17.0 Å². The summed E-state index contributed by atoms with van der Waals surface area (Å²) < 4.78 is 12.4. The van der Waals surface area contributed by atoms with Gasteiger partial charge in [0, 0.05) is 39.6 Å². The van der Waals surface area contributed by atoms with Crippen LogP contribution in [-0.2, 0) is 19.6 Å². The third-order valence-corrected chi connectivity index (χ3v) is 6.35. The van der Waals surface area contributed by atoms with Crippen molar-refractivity contribution in [1.82, 2.24) is 15.3 Å². The highest BCUT2D eigenvalue weighted by Gasteiger charge is 2.12. The lowest BCUT2D eigenvalue weighted by Crippen LogP contribution is -2.17. The molecule has 2 N–H and O–H groups in total. The van der Waals surface area contributed by atoms with Crippen molar-refractivity contribution in [3.8, 4) is 11.5 Å². The number of halogens is 3. The third-order valence-electron chi connectivity index (χ3n) is 5.02. The number of hydrogen-bond donors (Lipinski definition) is 2. The number of fused-ring (bicyclic) bond motifs is 1. The predicted molar refractivity (Wildman–Crippen MR) is 133 cm³/mol. The predicted octanol–water partition coefficient (Wildman–Crippen LogP) is 6.55. The second-order valence-corrected chi connectivity index (χ2v) is 8.94. The summed E-state index contributed by atoms with van der Waals surface area (Å²) in [5.74, 6) is 2.27. The third kappa shape index (κ3) is 5.56. The molecule has 4 aromatic rings. The molecule has 0 unspecified atom stereocenters. The number of nitrogens with zero attached hydrogens (tertiary/aromatic N) is 1. The maximum absolute atomic E-state index is 6.24. The van der Waals surface area contributed by atoms with E-state index in [2.05, 4.69) is 31.2 Å². The molecule has 0 aliphatic carbocycles. The number of methoxy groups -OCH3 is 1. The number of hydrogen-bond acceptors (Lipinski definition) is 4. The van der Waals surface area contributed by atoms with E-state index in [1.165, 1.54) is 0 Å². The van der Waals surface area contributed by atoms with Gasteiger partial charge < -0.3 is 19.8 Å². The number of ether oxygens (including phenoxy) is 2. The number of aromatic nitrogens is 2. The zero-order valence-corrected chi connectivity index (χ0v) is 20.5. The smallest absolute Gasteiger partial charge is 0.162 e. The Morgan fingerprint density at radius 3 is 2.66 bits per heavy atom. The molecule has 0 radical (unpaired) electrons. The fourth-order valence-electron chi connectivity index (χ4n) is 3.33.